The van der Waals surface area contributed by atoms with Gasteiger partial charge in [0.2, 0.25) is 5.91 Å². The smallest absolute Gasteiger partial charge is 0.302 e. The minimum atomic E-state index is -3.61. The van der Waals surface area contributed by atoms with Gasteiger partial charge in [-0.25, -0.2) is 4.98 Å². The number of likely N-dealkylation sites (N-methyl/N-ethyl adjacent to an activating group) is 1. The summed E-state index contributed by atoms with van der Waals surface area (Å²) in [5.74, 6) is 0.770. The second kappa shape index (κ2) is 8.91. The Morgan fingerprint density at radius 2 is 1.90 bits per heavy atom. The van der Waals surface area contributed by atoms with Gasteiger partial charge in [-0.15, -0.1) is 0 Å². The van der Waals surface area contributed by atoms with Gasteiger partial charge in [0.1, 0.15) is 17.2 Å². The van der Waals surface area contributed by atoms with E-state index in [0.717, 1.165) is 32.2 Å². The van der Waals surface area contributed by atoms with Gasteiger partial charge in [-0.2, -0.15) is 12.7 Å². The molecular weight excluding hydrogens is 416 g/mol. The average molecular weight is 443 g/mol. The predicted molar refractivity (Wildman–Crippen MR) is 122 cm³/mol. The van der Waals surface area contributed by atoms with E-state index < -0.39 is 10.2 Å². The summed E-state index contributed by atoms with van der Waals surface area (Å²) >= 11 is 0. The number of nitrogens with zero attached hydrogens (tertiary/aromatic N) is 3. The Labute approximate surface area is 182 Å². The molecule has 0 saturated carbocycles. The highest BCUT2D eigenvalue weighted by atomic mass is 32.2. The number of hydrogen-bond donors (Lipinski definition) is 1. The molecule has 2 heterocycles. The number of aryl methyl sites for hydroxylation is 2. The van der Waals surface area contributed by atoms with Crippen LogP contribution >= 0.6 is 0 Å². The van der Waals surface area contributed by atoms with Crippen molar-refractivity contribution in [2.45, 2.75) is 20.4 Å². The first-order chi connectivity index (χ1) is 14.6. The summed E-state index contributed by atoms with van der Waals surface area (Å²) in [6.07, 6.45) is 4.57. The van der Waals surface area contributed by atoms with Gasteiger partial charge in [-0.05, 0) is 43.2 Å². The molecule has 8 nitrogen and oxygen atoms in total. The number of amides is 1. The molecule has 0 aliphatic rings. The molecule has 1 aromatic carbocycles. The van der Waals surface area contributed by atoms with E-state index in [2.05, 4.69) is 9.71 Å². The molecule has 0 atom stereocenters. The lowest BCUT2D eigenvalue weighted by atomic mass is 10.1. The number of pyridine rings is 1. The highest BCUT2D eigenvalue weighted by molar-refractivity contribution is 7.90. The molecule has 1 amide bonds. The van der Waals surface area contributed by atoms with Crippen molar-refractivity contribution < 1.29 is 17.6 Å². The van der Waals surface area contributed by atoms with Crippen LogP contribution in [0.2, 0.25) is 0 Å². The van der Waals surface area contributed by atoms with Gasteiger partial charge < -0.3 is 9.32 Å². The number of aromatic nitrogens is 1. The molecule has 0 fully saturated rings. The average Bonchev–Trinajstić information content (AvgIpc) is 3.04. The Balaban J connectivity index is 1.66. The molecule has 1 N–H and O–H groups in total. The van der Waals surface area contributed by atoms with Gasteiger partial charge in [-0.1, -0.05) is 18.2 Å². The fourth-order valence-corrected chi connectivity index (χ4v) is 3.53. The molecule has 3 aromatic rings. The number of benzene rings is 1. The molecule has 0 saturated heterocycles. The molecule has 0 bridgehead atoms. The summed E-state index contributed by atoms with van der Waals surface area (Å²) in [4.78, 5) is 18.2. The highest BCUT2D eigenvalue weighted by Gasteiger charge is 2.16. The largest absolute Gasteiger partial charge is 0.459 e. The van der Waals surface area contributed by atoms with E-state index in [-0.39, 0.29) is 11.7 Å². The van der Waals surface area contributed by atoms with Crippen LogP contribution in [0.1, 0.15) is 22.5 Å². The van der Waals surface area contributed by atoms with Crippen LogP contribution < -0.4 is 4.72 Å². The van der Waals surface area contributed by atoms with Crippen LogP contribution in [-0.4, -0.2) is 49.7 Å². The Morgan fingerprint density at radius 3 is 2.52 bits per heavy atom. The number of carbonyl (C=O) groups excluding carboxylic acids is 1. The standard InChI is InChI=1S/C22H26N4O4S/c1-15-7-6-8-18-16(2)19(30-22(15)18)14-26(5)21(27)12-10-17-9-11-20(23-13-17)24-31(28,29)25(3)4/h6-13H,14H2,1-5H3,(H,23,24)/b12-10+. The Kier molecular flexibility index (Phi) is 6.47. The molecule has 0 radical (unpaired) electrons. The Bertz CT molecular complexity index is 1230. The van der Waals surface area contributed by atoms with Crippen molar-refractivity contribution in [1.82, 2.24) is 14.2 Å². The van der Waals surface area contributed by atoms with E-state index in [1.807, 2.05) is 32.0 Å². The first kappa shape index (κ1) is 22.5. The summed E-state index contributed by atoms with van der Waals surface area (Å²) < 4.78 is 33.1. The zero-order chi connectivity index (χ0) is 22.8. The second-order valence-electron chi connectivity index (χ2n) is 7.50. The van der Waals surface area contributed by atoms with Crippen molar-refractivity contribution in [1.29, 1.82) is 0 Å². The van der Waals surface area contributed by atoms with Crippen molar-refractivity contribution in [2.24, 2.45) is 0 Å². The number of rotatable bonds is 7. The van der Waals surface area contributed by atoms with E-state index in [0.29, 0.717) is 12.1 Å². The van der Waals surface area contributed by atoms with Gasteiger partial charge in [0.25, 0.3) is 0 Å². The van der Waals surface area contributed by atoms with Crippen LogP contribution in [0, 0.1) is 13.8 Å². The first-order valence-corrected chi connectivity index (χ1v) is 11.1. The van der Waals surface area contributed by atoms with E-state index >= 15 is 0 Å². The second-order valence-corrected chi connectivity index (χ2v) is 9.38. The fraction of sp³-hybridized carbons (Fsp3) is 0.273. The van der Waals surface area contributed by atoms with Gasteiger partial charge >= 0.3 is 10.2 Å². The van der Waals surface area contributed by atoms with Crippen molar-refractivity contribution >= 4 is 39.0 Å². The summed E-state index contributed by atoms with van der Waals surface area (Å²) in [5.41, 5.74) is 3.61. The van der Waals surface area contributed by atoms with Gasteiger partial charge in [0, 0.05) is 44.4 Å². The maximum Gasteiger partial charge on any atom is 0.302 e. The summed E-state index contributed by atoms with van der Waals surface area (Å²) in [7, 11) is 0.950. The van der Waals surface area contributed by atoms with Crippen molar-refractivity contribution in [2.75, 3.05) is 25.9 Å². The summed E-state index contributed by atoms with van der Waals surface area (Å²) in [6, 6.07) is 9.22. The quantitative estimate of drug-likeness (QED) is 0.566. The molecule has 0 spiro atoms. The molecule has 0 aliphatic heterocycles. The van der Waals surface area contributed by atoms with Crippen LogP contribution in [0.3, 0.4) is 0 Å². The molecule has 31 heavy (non-hydrogen) atoms. The SMILES string of the molecule is Cc1c(CN(C)C(=O)/C=C/c2ccc(NS(=O)(=O)N(C)C)nc2)oc2c(C)cccc12. The number of carbonyl (C=O) groups is 1. The number of anilines is 1. The Hall–Kier alpha value is -3.17. The lowest BCUT2D eigenvalue weighted by molar-refractivity contribution is -0.125. The third kappa shape index (κ3) is 5.12. The third-order valence-electron chi connectivity index (χ3n) is 4.94. The van der Waals surface area contributed by atoms with E-state index in [9.17, 15) is 13.2 Å². The van der Waals surface area contributed by atoms with Gasteiger partial charge in [-0.3, -0.25) is 9.52 Å². The summed E-state index contributed by atoms with van der Waals surface area (Å²) in [5, 5.41) is 1.06. The number of nitrogens with one attached hydrogen (secondary N) is 1. The Morgan fingerprint density at radius 1 is 1.16 bits per heavy atom. The lowest BCUT2D eigenvalue weighted by Gasteiger charge is -2.14. The normalized spacial score (nSPS) is 12.1. The van der Waals surface area contributed by atoms with Crippen LogP contribution in [-0.2, 0) is 21.5 Å². The number of fused-ring (bicyclic) bond motifs is 1. The van der Waals surface area contributed by atoms with E-state index in [1.165, 1.54) is 32.4 Å². The molecule has 0 unspecified atom stereocenters. The minimum absolute atomic E-state index is 0.186. The maximum absolute atomic E-state index is 12.5. The van der Waals surface area contributed by atoms with Gasteiger partial charge in [0.05, 0.1) is 6.54 Å². The van der Waals surface area contributed by atoms with Crippen LogP contribution in [0.15, 0.2) is 47.0 Å². The van der Waals surface area contributed by atoms with Crippen molar-refractivity contribution in [3.8, 4) is 0 Å². The molecule has 2 aromatic heterocycles. The zero-order valence-corrected chi connectivity index (χ0v) is 19.0. The summed E-state index contributed by atoms with van der Waals surface area (Å²) in [6.45, 7) is 4.34. The monoisotopic (exact) mass is 442 g/mol. The molecule has 164 valence electrons. The van der Waals surface area contributed by atoms with Gasteiger partial charge in [0.15, 0.2) is 0 Å². The zero-order valence-electron chi connectivity index (χ0n) is 18.2. The lowest BCUT2D eigenvalue weighted by Crippen LogP contribution is -2.29. The topological polar surface area (TPSA) is 95.8 Å². The third-order valence-corrected chi connectivity index (χ3v) is 6.36. The first-order valence-electron chi connectivity index (χ1n) is 9.65. The molecule has 0 aliphatic carbocycles. The fourth-order valence-electron chi connectivity index (χ4n) is 2.96. The predicted octanol–water partition coefficient (Wildman–Crippen LogP) is 3.33. The van der Waals surface area contributed by atoms with Crippen LogP contribution in [0.5, 0.6) is 0 Å². The van der Waals surface area contributed by atoms with Crippen molar-refractivity contribution in [3.05, 3.63) is 65.1 Å². The number of para-hydroxylation sites is 1. The number of hydrogen-bond acceptors (Lipinski definition) is 5. The molecule has 9 heteroatoms. The minimum Gasteiger partial charge on any atom is -0.459 e. The van der Waals surface area contributed by atoms with Crippen LogP contribution in [0.4, 0.5) is 5.82 Å². The highest BCUT2D eigenvalue weighted by Crippen LogP contribution is 2.28. The molecule has 3 rings (SSSR count). The number of furan rings is 1. The van der Waals surface area contributed by atoms with Crippen LogP contribution in [0.25, 0.3) is 17.0 Å². The maximum atomic E-state index is 12.5. The van der Waals surface area contributed by atoms with E-state index in [4.69, 9.17) is 4.42 Å². The van der Waals surface area contributed by atoms with Crippen molar-refractivity contribution in [3.63, 3.8) is 0 Å². The van der Waals surface area contributed by atoms with E-state index in [1.54, 1.807) is 24.1 Å². The molecular formula is C22H26N4O4S.